The summed E-state index contributed by atoms with van der Waals surface area (Å²) in [6, 6.07) is 8.96. The molecule has 0 bridgehead atoms. The van der Waals surface area contributed by atoms with Crippen molar-refractivity contribution < 1.29 is 47.5 Å². The van der Waals surface area contributed by atoms with Gasteiger partial charge in [0.05, 0.1) is 19.5 Å². The van der Waals surface area contributed by atoms with Crippen molar-refractivity contribution in [1.82, 2.24) is 19.5 Å². The molecule has 0 aliphatic carbocycles. The summed E-state index contributed by atoms with van der Waals surface area (Å²) in [6.45, 7) is 9.48. The van der Waals surface area contributed by atoms with Crippen molar-refractivity contribution in [2.45, 2.75) is 83.0 Å². The standard InChI is InChI=1S/C28H35ClN5O10P/c1-27(2,3)44-26(37)32-20-17-21(33-25(29)31-20)34(14-30-17)22-19-18(42-28(4,5)43-19)16(41-22)13-39-24(23(35)36)45(6,38)40-12-15-10-8-7-9-11-15/h7-11,14,16,18-19,22,24H,12-13H2,1-6H3,(H,35,36)(H,31,32,33,37)/t16-,18-,19-,22-,24?,45?/m1/s1. The van der Waals surface area contributed by atoms with Gasteiger partial charge in [-0.25, -0.2) is 14.6 Å². The first-order valence-corrected chi connectivity index (χ1v) is 16.6. The minimum Gasteiger partial charge on any atom is -0.479 e. The molecule has 5 rings (SSSR count). The molecule has 17 heteroatoms. The number of carbonyl (C=O) groups is 2. The molecule has 15 nitrogen and oxygen atoms in total. The number of amides is 1. The van der Waals surface area contributed by atoms with Crippen LogP contribution in [0.1, 0.15) is 46.4 Å². The average Bonchev–Trinajstić information content (AvgIpc) is 3.57. The maximum absolute atomic E-state index is 13.4. The number of carbonyl (C=O) groups excluding carboxylic acids is 1. The molecule has 0 spiro atoms. The van der Waals surface area contributed by atoms with Crippen LogP contribution in [0.5, 0.6) is 0 Å². The van der Waals surface area contributed by atoms with E-state index in [4.69, 9.17) is 39.8 Å². The molecule has 1 aromatic carbocycles. The van der Waals surface area contributed by atoms with Crippen LogP contribution >= 0.6 is 19.0 Å². The highest BCUT2D eigenvalue weighted by Gasteiger charge is 2.56. The number of nitrogens with one attached hydrogen (secondary N) is 1. The second-order valence-corrected chi connectivity index (χ2v) is 15.0. The lowest BCUT2D eigenvalue weighted by Gasteiger charge is -2.26. The number of rotatable bonds is 10. The second kappa shape index (κ2) is 12.6. The molecule has 0 radical (unpaired) electrons. The Morgan fingerprint density at radius 2 is 1.87 bits per heavy atom. The number of hydrogen-bond donors (Lipinski definition) is 2. The van der Waals surface area contributed by atoms with E-state index >= 15 is 0 Å². The van der Waals surface area contributed by atoms with Crippen molar-refractivity contribution in [1.29, 1.82) is 0 Å². The van der Waals surface area contributed by atoms with Crippen LogP contribution in [0.2, 0.25) is 5.28 Å². The molecule has 1 amide bonds. The summed E-state index contributed by atoms with van der Waals surface area (Å²) >= 11 is 6.22. The van der Waals surface area contributed by atoms with Gasteiger partial charge in [0.25, 0.3) is 0 Å². The summed E-state index contributed by atoms with van der Waals surface area (Å²) in [5, 5.41) is 12.3. The topological polar surface area (TPSA) is 182 Å². The third-order valence-electron chi connectivity index (χ3n) is 6.80. The summed E-state index contributed by atoms with van der Waals surface area (Å²) in [5.41, 5.74) is 0.398. The molecule has 6 atom stereocenters. The van der Waals surface area contributed by atoms with Crippen molar-refractivity contribution in [3.05, 3.63) is 47.5 Å². The molecule has 45 heavy (non-hydrogen) atoms. The van der Waals surface area contributed by atoms with Gasteiger partial charge in [-0.1, -0.05) is 30.3 Å². The zero-order valence-corrected chi connectivity index (χ0v) is 27.2. The number of hydrogen-bond acceptors (Lipinski definition) is 12. The van der Waals surface area contributed by atoms with E-state index in [-0.39, 0.29) is 35.5 Å². The lowest BCUT2D eigenvalue weighted by molar-refractivity contribution is -0.203. The van der Waals surface area contributed by atoms with Crippen LogP contribution < -0.4 is 5.32 Å². The van der Waals surface area contributed by atoms with E-state index in [1.54, 1.807) is 63.5 Å². The number of nitrogens with zero attached hydrogens (tertiary/aromatic N) is 4. The quantitative estimate of drug-likeness (QED) is 0.222. The molecular formula is C28H35ClN5O10P. The molecule has 2 saturated heterocycles. The first kappa shape index (κ1) is 33.2. The summed E-state index contributed by atoms with van der Waals surface area (Å²) in [4.78, 5) is 37.4. The minimum atomic E-state index is -3.81. The van der Waals surface area contributed by atoms with Crippen LogP contribution in [-0.2, 0) is 44.2 Å². The Hall–Kier alpha value is -3.17. The van der Waals surface area contributed by atoms with Crippen LogP contribution in [0.15, 0.2) is 36.7 Å². The Bertz CT molecular complexity index is 1610. The number of benzene rings is 1. The van der Waals surface area contributed by atoms with E-state index in [0.29, 0.717) is 0 Å². The van der Waals surface area contributed by atoms with Crippen molar-refractivity contribution in [2.24, 2.45) is 0 Å². The molecule has 0 saturated carbocycles. The Balaban J connectivity index is 1.36. The van der Waals surface area contributed by atoms with Gasteiger partial charge in [-0.3, -0.25) is 14.4 Å². The Kier molecular flexibility index (Phi) is 9.26. The fraction of sp³-hybridized carbons (Fsp3) is 0.536. The SMILES string of the molecule is CC(C)(C)OC(=O)Nc1nc(Cl)nc2c1ncn2[C@@H]1O[C@H](COC(C(=O)O)P(C)(=O)OCc2ccccc2)[C@H]2OC(C)(C)O[C@H]21. The van der Waals surface area contributed by atoms with Crippen LogP contribution in [0.4, 0.5) is 10.6 Å². The molecule has 2 fully saturated rings. The number of anilines is 1. The zero-order valence-electron chi connectivity index (χ0n) is 25.5. The predicted molar refractivity (Wildman–Crippen MR) is 160 cm³/mol. The first-order valence-electron chi connectivity index (χ1n) is 14.0. The summed E-state index contributed by atoms with van der Waals surface area (Å²) < 4.78 is 50.1. The maximum Gasteiger partial charge on any atom is 0.413 e. The minimum absolute atomic E-state index is 0.0230. The van der Waals surface area contributed by atoms with E-state index in [1.807, 2.05) is 6.07 Å². The largest absolute Gasteiger partial charge is 0.479 e. The second-order valence-electron chi connectivity index (χ2n) is 12.1. The van der Waals surface area contributed by atoms with E-state index in [2.05, 4.69) is 20.3 Å². The van der Waals surface area contributed by atoms with Crippen molar-refractivity contribution in [3.8, 4) is 0 Å². The fourth-order valence-electron chi connectivity index (χ4n) is 5.02. The molecule has 4 heterocycles. The number of aliphatic carboxylic acids is 1. The van der Waals surface area contributed by atoms with E-state index in [1.165, 1.54) is 13.0 Å². The first-order chi connectivity index (χ1) is 21.0. The van der Waals surface area contributed by atoms with E-state index < -0.39 is 61.2 Å². The number of halogens is 1. The normalized spacial score (nSPS) is 24.6. The summed E-state index contributed by atoms with van der Waals surface area (Å²) in [6.07, 6.45) is -2.50. The molecule has 2 aliphatic heterocycles. The van der Waals surface area contributed by atoms with Crippen molar-refractivity contribution in [2.75, 3.05) is 18.6 Å². The van der Waals surface area contributed by atoms with Crippen LogP contribution in [0, 0.1) is 0 Å². The number of carboxylic acids is 1. The smallest absolute Gasteiger partial charge is 0.413 e. The zero-order chi connectivity index (χ0) is 32.7. The van der Waals surface area contributed by atoms with Gasteiger partial charge in [-0.05, 0) is 51.8 Å². The molecule has 244 valence electrons. The predicted octanol–water partition coefficient (Wildman–Crippen LogP) is 4.80. The molecular weight excluding hydrogens is 633 g/mol. The molecule has 2 aromatic heterocycles. The van der Waals surface area contributed by atoms with Gasteiger partial charge in [-0.15, -0.1) is 0 Å². The number of aromatic nitrogens is 4. The third-order valence-corrected chi connectivity index (χ3v) is 8.83. The average molecular weight is 668 g/mol. The molecule has 2 unspecified atom stereocenters. The van der Waals surface area contributed by atoms with Gasteiger partial charge in [-0.2, -0.15) is 9.97 Å². The number of ether oxygens (including phenoxy) is 5. The monoisotopic (exact) mass is 667 g/mol. The van der Waals surface area contributed by atoms with Gasteiger partial charge in [0.2, 0.25) is 18.5 Å². The lowest BCUT2D eigenvalue weighted by atomic mass is 10.1. The Morgan fingerprint density at radius 3 is 2.53 bits per heavy atom. The highest BCUT2D eigenvalue weighted by atomic mass is 35.5. The van der Waals surface area contributed by atoms with Gasteiger partial charge < -0.3 is 33.3 Å². The fourth-order valence-corrected chi connectivity index (χ4v) is 6.48. The highest BCUT2D eigenvalue weighted by Crippen LogP contribution is 2.50. The van der Waals surface area contributed by atoms with Gasteiger partial charge >= 0.3 is 12.1 Å². The van der Waals surface area contributed by atoms with Crippen LogP contribution in [0.3, 0.4) is 0 Å². The highest BCUT2D eigenvalue weighted by molar-refractivity contribution is 7.59. The Morgan fingerprint density at radius 1 is 1.18 bits per heavy atom. The Labute approximate surface area is 263 Å². The maximum atomic E-state index is 13.4. The summed E-state index contributed by atoms with van der Waals surface area (Å²) in [7, 11) is -3.81. The molecule has 2 aliphatic rings. The van der Waals surface area contributed by atoms with Gasteiger partial charge in [0.15, 0.2) is 29.0 Å². The third kappa shape index (κ3) is 7.63. The van der Waals surface area contributed by atoms with Crippen molar-refractivity contribution in [3.63, 3.8) is 0 Å². The molecule has 3 aromatic rings. The van der Waals surface area contributed by atoms with E-state index in [9.17, 15) is 19.3 Å². The lowest BCUT2D eigenvalue weighted by Crippen LogP contribution is -2.36. The van der Waals surface area contributed by atoms with Gasteiger partial charge in [0.1, 0.15) is 23.9 Å². The molecule has 2 N–H and O–H groups in total. The van der Waals surface area contributed by atoms with Crippen LogP contribution in [0.25, 0.3) is 11.2 Å². The van der Waals surface area contributed by atoms with E-state index in [0.717, 1.165) is 5.56 Å². The van der Waals surface area contributed by atoms with Crippen molar-refractivity contribution >= 4 is 48.0 Å². The van der Waals surface area contributed by atoms with Crippen LogP contribution in [-0.4, -0.2) is 85.5 Å². The van der Waals surface area contributed by atoms with Gasteiger partial charge in [0, 0.05) is 6.66 Å². The number of carboxylic acid groups (broad SMARTS) is 1. The number of fused-ring (bicyclic) bond motifs is 2. The number of imidazole rings is 1. The summed E-state index contributed by atoms with van der Waals surface area (Å²) in [5.74, 6) is -4.21.